The predicted molar refractivity (Wildman–Crippen MR) is 75.6 cm³/mol. The lowest BCUT2D eigenvalue weighted by Crippen LogP contribution is -2.38. The highest BCUT2D eigenvalue weighted by Crippen LogP contribution is 2.18. The third-order valence-corrected chi connectivity index (χ3v) is 5.24. The molecule has 2 rings (SSSR count). The van der Waals surface area contributed by atoms with Crippen LogP contribution in [0, 0.1) is 0 Å². The molecule has 0 saturated carbocycles. The molecule has 1 aromatic heterocycles. The van der Waals surface area contributed by atoms with Crippen molar-refractivity contribution in [2.24, 2.45) is 7.05 Å². The van der Waals surface area contributed by atoms with Crippen molar-refractivity contribution in [1.29, 1.82) is 0 Å². The number of amides is 1. The lowest BCUT2D eigenvalue weighted by atomic mass is 10.4. The fourth-order valence-electron chi connectivity index (χ4n) is 2.23. The van der Waals surface area contributed by atoms with Crippen LogP contribution in [0.15, 0.2) is 17.3 Å². The van der Waals surface area contributed by atoms with E-state index in [0.717, 1.165) is 4.90 Å². The highest BCUT2D eigenvalue weighted by molar-refractivity contribution is 7.89. The first-order chi connectivity index (χ1) is 11.1. The van der Waals surface area contributed by atoms with Crippen LogP contribution in [0.5, 0.6) is 0 Å². The van der Waals surface area contributed by atoms with E-state index in [1.807, 2.05) is 0 Å². The third-order valence-electron chi connectivity index (χ3n) is 3.39. The van der Waals surface area contributed by atoms with Gasteiger partial charge < -0.3 is 9.64 Å². The van der Waals surface area contributed by atoms with Gasteiger partial charge in [0.15, 0.2) is 6.61 Å². The van der Waals surface area contributed by atoms with Crippen LogP contribution in [-0.2, 0) is 21.8 Å². The van der Waals surface area contributed by atoms with Crippen LogP contribution in [0.2, 0.25) is 0 Å². The molecule has 0 N–H and O–H groups in total. The molecule has 1 aromatic rings. The van der Waals surface area contributed by atoms with E-state index in [1.165, 1.54) is 21.4 Å². The summed E-state index contributed by atoms with van der Waals surface area (Å²) in [6.45, 7) is -1.47. The summed E-state index contributed by atoms with van der Waals surface area (Å²) in [5.41, 5.74) is 0. The number of hydrogen-bond donors (Lipinski definition) is 0. The number of carbonyl (C=O) groups is 1. The number of hydrogen-bond acceptors (Lipinski definition) is 5. The zero-order valence-corrected chi connectivity index (χ0v) is 13.7. The molecule has 0 bridgehead atoms. The number of carbonyl (C=O) groups excluding carboxylic acids is 1. The zero-order chi connectivity index (χ0) is 18.0. The Morgan fingerprint density at radius 3 is 2.58 bits per heavy atom. The Hall–Kier alpha value is -1.82. The number of alkyl halides is 3. The average molecular weight is 370 g/mol. The molecule has 1 fully saturated rings. The molecule has 24 heavy (non-hydrogen) atoms. The van der Waals surface area contributed by atoms with Crippen LogP contribution in [0.1, 0.15) is 6.42 Å². The molecule has 12 heteroatoms. The fourth-order valence-corrected chi connectivity index (χ4v) is 3.69. The van der Waals surface area contributed by atoms with Gasteiger partial charge in [0.1, 0.15) is 4.90 Å². The molecule has 1 amide bonds. The minimum Gasteiger partial charge on any atom is -0.440 e. The summed E-state index contributed by atoms with van der Waals surface area (Å²) < 4.78 is 67.9. The first kappa shape index (κ1) is 18.5. The molecule has 1 saturated heterocycles. The maximum absolute atomic E-state index is 12.5. The van der Waals surface area contributed by atoms with Crippen molar-refractivity contribution in [1.82, 2.24) is 19.0 Å². The summed E-state index contributed by atoms with van der Waals surface area (Å²) in [5.74, 6) is 0. The first-order valence-corrected chi connectivity index (χ1v) is 8.51. The Labute approximate surface area is 136 Å². The predicted octanol–water partition coefficient (Wildman–Crippen LogP) is 0.815. The molecule has 0 radical (unpaired) electrons. The second kappa shape index (κ2) is 6.97. The molecule has 0 atom stereocenters. The number of sulfonamides is 1. The van der Waals surface area contributed by atoms with Crippen molar-refractivity contribution in [3.63, 3.8) is 0 Å². The minimum absolute atomic E-state index is 0.0260. The summed E-state index contributed by atoms with van der Waals surface area (Å²) in [5, 5.41) is 3.81. The second-order valence-electron chi connectivity index (χ2n) is 5.26. The molecule has 1 aliphatic heterocycles. The Balaban J connectivity index is 1.98. The second-order valence-corrected chi connectivity index (χ2v) is 7.20. The monoisotopic (exact) mass is 370 g/mol. The normalized spacial score (nSPS) is 17.6. The summed E-state index contributed by atoms with van der Waals surface area (Å²) in [4.78, 5) is 12.7. The maximum Gasteiger partial charge on any atom is 0.422 e. The molecule has 8 nitrogen and oxygen atoms in total. The van der Waals surface area contributed by atoms with E-state index in [0.29, 0.717) is 6.42 Å². The zero-order valence-electron chi connectivity index (χ0n) is 12.9. The largest absolute Gasteiger partial charge is 0.440 e. The number of nitrogens with zero attached hydrogens (tertiary/aromatic N) is 4. The average Bonchev–Trinajstić information content (AvgIpc) is 2.77. The van der Waals surface area contributed by atoms with Crippen molar-refractivity contribution in [2.45, 2.75) is 17.5 Å². The molecule has 2 heterocycles. The van der Waals surface area contributed by atoms with Gasteiger partial charge in [0.05, 0.1) is 6.20 Å². The van der Waals surface area contributed by atoms with E-state index in [9.17, 15) is 26.4 Å². The van der Waals surface area contributed by atoms with Crippen molar-refractivity contribution >= 4 is 16.1 Å². The lowest BCUT2D eigenvalue weighted by Gasteiger charge is -2.21. The molecule has 0 spiro atoms. The fraction of sp³-hybridized carbons (Fsp3) is 0.667. The smallest absolute Gasteiger partial charge is 0.422 e. The van der Waals surface area contributed by atoms with Crippen molar-refractivity contribution in [2.75, 3.05) is 32.8 Å². The molecule has 1 aliphatic rings. The first-order valence-electron chi connectivity index (χ1n) is 7.07. The molecule has 136 valence electrons. The van der Waals surface area contributed by atoms with Gasteiger partial charge in [-0.05, 0) is 6.42 Å². The number of ether oxygens (including phenoxy) is 1. The van der Waals surface area contributed by atoms with Gasteiger partial charge in [-0.1, -0.05) is 0 Å². The quantitative estimate of drug-likeness (QED) is 0.786. The summed E-state index contributed by atoms with van der Waals surface area (Å²) >= 11 is 0. The summed E-state index contributed by atoms with van der Waals surface area (Å²) in [6.07, 6.45) is -2.84. The SMILES string of the molecule is Cn1cc(S(=O)(=O)N2CCCN(C(=O)OCC(F)(F)F)CC2)cn1. The Morgan fingerprint density at radius 2 is 2.00 bits per heavy atom. The van der Waals surface area contributed by atoms with Crippen LogP contribution in [0.3, 0.4) is 0 Å². The van der Waals surface area contributed by atoms with Crippen LogP contribution in [0.25, 0.3) is 0 Å². The van der Waals surface area contributed by atoms with E-state index in [1.54, 1.807) is 7.05 Å². The molecule has 0 aliphatic carbocycles. The van der Waals surface area contributed by atoms with E-state index in [4.69, 9.17) is 0 Å². The van der Waals surface area contributed by atoms with E-state index in [2.05, 4.69) is 9.84 Å². The van der Waals surface area contributed by atoms with Crippen LogP contribution < -0.4 is 0 Å². The molecular weight excluding hydrogens is 353 g/mol. The van der Waals surface area contributed by atoms with E-state index in [-0.39, 0.29) is 31.1 Å². The van der Waals surface area contributed by atoms with Gasteiger partial charge in [-0.15, -0.1) is 0 Å². The van der Waals surface area contributed by atoms with Crippen molar-refractivity contribution in [3.05, 3.63) is 12.4 Å². The van der Waals surface area contributed by atoms with Gasteiger partial charge in [0.2, 0.25) is 10.0 Å². The van der Waals surface area contributed by atoms with Gasteiger partial charge in [-0.25, -0.2) is 13.2 Å². The number of rotatable bonds is 3. The van der Waals surface area contributed by atoms with Gasteiger partial charge in [-0.3, -0.25) is 4.68 Å². The van der Waals surface area contributed by atoms with Crippen LogP contribution in [-0.4, -0.2) is 72.5 Å². The Kier molecular flexibility index (Phi) is 5.38. The van der Waals surface area contributed by atoms with Crippen molar-refractivity contribution < 1.29 is 31.1 Å². The highest BCUT2D eigenvalue weighted by atomic mass is 32.2. The van der Waals surface area contributed by atoms with Gasteiger partial charge in [-0.2, -0.15) is 22.6 Å². The van der Waals surface area contributed by atoms with Crippen LogP contribution in [0.4, 0.5) is 18.0 Å². The van der Waals surface area contributed by atoms with Crippen molar-refractivity contribution in [3.8, 4) is 0 Å². The van der Waals surface area contributed by atoms with Gasteiger partial charge in [0.25, 0.3) is 0 Å². The minimum atomic E-state index is -4.60. The van der Waals surface area contributed by atoms with Gasteiger partial charge >= 0.3 is 12.3 Å². The van der Waals surface area contributed by atoms with E-state index < -0.39 is 28.9 Å². The van der Waals surface area contributed by atoms with Gasteiger partial charge in [0, 0.05) is 39.4 Å². The molecule has 0 unspecified atom stereocenters. The maximum atomic E-state index is 12.5. The molecular formula is C12H17F3N4O4S. The third kappa shape index (κ3) is 4.60. The Bertz CT molecular complexity index is 689. The summed E-state index contributed by atoms with van der Waals surface area (Å²) in [6, 6.07) is 0. The lowest BCUT2D eigenvalue weighted by molar-refractivity contribution is -0.162. The molecule has 0 aromatic carbocycles. The number of aryl methyl sites for hydroxylation is 1. The number of halogens is 3. The Morgan fingerprint density at radius 1 is 1.29 bits per heavy atom. The summed E-state index contributed by atoms with van der Waals surface area (Å²) in [7, 11) is -2.17. The van der Waals surface area contributed by atoms with Crippen LogP contribution >= 0.6 is 0 Å². The highest BCUT2D eigenvalue weighted by Gasteiger charge is 2.33. The number of aromatic nitrogens is 2. The van der Waals surface area contributed by atoms with E-state index >= 15 is 0 Å². The standard InChI is InChI=1S/C12H17F3N4O4S/c1-17-8-10(7-16-17)24(21,22)19-4-2-3-18(5-6-19)11(20)23-9-12(13,14)15/h7-8H,2-6,9H2,1H3. The topological polar surface area (TPSA) is 84.7 Å².